The van der Waals surface area contributed by atoms with Gasteiger partial charge in [0, 0.05) is 78.3 Å². The highest BCUT2D eigenvalue weighted by Gasteiger charge is 2.40. The molecule has 12 rings (SSSR count). The summed E-state index contributed by atoms with van der Waals surface area (Å²) in [5, 5.41) is 0.708. The van der Waals surface area contributed by atoms with Gasteiger partial charge in [-0.2, -0.15) is 0 Å². The molecule has 348 valence electrons. The van der Waals surface area contributed by atoms with Crippen LogP contribution in [0.2, 0.25) is 0 Å². The fourth-order valence-corrected chi connectivity index (χ4v) is 10.3. The van der Waals surface area contributed by atoms with Crippen molar-refractivity contribution in [1.82, 2.24) is 24.8 Å². The lowest BCUT2D eigenvalue weighted by atomic mass is 9.85. The van der Waals surface area contributed by atoms with Crippen LogP contribution in [-0.2, 0) is 0 Å². The molecule has 8 bridgehead atoms. The number of nitrogens with zero attached hydrogens (tertiary/aromatic N) is 4. The Balaban J connectivity index is 0.922. The van der Waals surface area contributed by atoms with E-state index in [4.69, 9.17) is 9.97 Å². The van der Waals surface area contributed by atoms with Crippen LogP contribution in [0.5, 0.6) is 0 Å². The van der Waals surface area contributed by atoms with Crippen LogP contribution in [0.4, 0.5) is 5.69 Å². The minimum absolute atomic E-state index is 0.255. The van der Waals surface area contributed by atoms with Crippen molar-refractivity contribution >= 4 is 86.5 Å². The SMILES string of the molecule is CCCCCCCCN1C(=O)c2ccc3c4c(ccc(c24)C1=O)C(=O)N(c1ccc(C#Cc2c4nc(c(-c5ccccc5)c5ccc(cc6ccc([nH]6)c(-c6ccccc6)c6nc2C=C6)[nH]5)C=C4)cc1)C3=O. The zero-order valence-electron chi connectivity index (χ0n) is 39.5. The number of hydrogen-bond acceptors (Lipinski definition) is 6. The highest BCUT2D eigenvalue weighted by Crippen LogP contribution is 2.40. The van der Waals surface area contributed by atoms with Gasteiger partial charge in [0.2, 0.25) is 0 Å². The van der Waals surface area contributed by atoms with Crippen molar-refractivity contribution in [3.8, 4) is 34.1 Å². The summed E-state index contributed by atoms with van der Waals surface area (Å²) in [4.78, 5) is 76.5. The molecule has 0 fully saturated rings. The Labute approximate surface area is 415 Å². The number of aromatic amines is 2. The van der Waals surface area contributed by atoms with Crippen LogP contribution in [0.15, 0.2) is 140 Å². The first-order chi connectivity index (χ1) is 35.3. The first kappa shape index (κ1) is 44.0. The average Bonchev–Trinajstić information content (AvgIpc) is 4.26. The molecule has 0 atom stereocenters. The summed E-state index contributed by atoms with van der Waals surface area (Å²) in [6.07, 6.45) is 14.1. The van der Waals surface area contributed by atoms with E-state index in [0.717, 1.165) is 92.7 Å². The normalized spacial score (nSPS) is 13.6. The smallest absolute Gasteiger partial charge is 0.265 e. The van der Waals surface area contributed by atoms with Gasteiger partial charge in [-0.1, -0.05) is 112 Å². The Kier molecular flexibility index (Phi) is 11.2. The lowest BCUT2D eigenvalue weighted by Gasteiger charge is -2.32. The summed E-state index contributed by atoms with van der Waals surface area (Å²) in [6.45, 7) is 2.49. The number of benzene rings is 5. The van der Waals surface area contributed by atoms with Gasteiger partial charge in [0.25, 0.3) is 23.6 Å². The third kappa shape index (κ3) is 7.72. The first-order valence-electron chi connectivity index (χ1n) is 24.5. The summed E-state index contributed by atoms with van der Waals surface area (Å²) < 4.78 is 0. The monoisotopic (exact) mass is 938 g/mol. The van der Waals surface area contributed by atoms with Gasteiger partial charge in [-0.3, -0.25) is 24.1 Å². The van der Waals surface area contributed by atoms with E-state index in [1.165, 1.54) is 11.3 Å². The van der Waals surface area contributed by atoms with Crippen molar-refractivity contribution in [3.05, 3.63) is 196 Å². The molecule has 0 radical (unpaired) electrons. The van der Waals surface area contributed by atoms with E-state index in [-0.39, 0.29) is 11.1 Å². The largest absolute Gasteiger partial charge is 0.355 e. The molecule has 0 spiro atoms. The molecule has 10 nitrogen and oxygen atoms in total. The van der Waals surface area contributed by atoms with Crippen molar-refractivity contribution in [3.63, 3.8) is 0 Å². The molecule has 4 aliphatic rings. The standard InChI is InChI=1S/C62H46N6O4/c1-2-3-4-5-6-13-36-67-59(69)45-26-28-47-58-48(29-27-46(57(45)58)60(67)70)62(72)68(61(47)71)43-23-18-38(19-24-43)20-25-44-49-32-34-53(65-49)55(39-14-9-7-10-15-39)51-30-21-41(63-51)37-42-22-31-52(64-42)56(40-16-11-8-12-17-40)54-35-33-50(44)66-54/h7-12,14-19,21-24,26-35,37,63-64H,2-6,13,36H2,1H3. The van der Waals surface area contributed by atoms with E-state index in [1.54, 1.807) is 48.5 Å². The zero-order valence-corrected chi connectivity index (χ0v) is 39.5. The molecule has 0 saturated carbocycles. The fraction of sp³-hybridized carbons (Fsp3) is 0.129. The molecule has 2 N–H and O–H groups in total. The van der Waals surface area contributed by atoms with Crippen LogP contribution in [0.1, 0.15) is 121 Å². The number of aromatic nitrogens is 4. The van der Waals surface area contributed by atoms with Crippen molar-refractivity contribution in [2.45, 2.75) is 45.4 Å². The summed E-state index contributed by atoms with van der Waals surface area (Å²) in [6, 6.07) is 44.2. The van der Waals surface area contributed by atoms with Gasteiger partial charge in [0.15, 0.2) is 0 Å². The number of imide groups is 2. The number of carbonyl (C=O) groups is 4. The second-order valence-corrected chi connectivity index (χ2v) is 18.4. The average molecular weight is 939 g/mol. The van der Waals surface area contributed by atoms with Gasteiger partial charge < -0.3 is 9.97 Å². The van der Waals surface area contributed by atoms with Crippen LogP contribution in [0.25, 0.3) is 79.4 Å². The van der Waals surface area contributed by atoms with Gasteiger partial charge in [-0.05, 0) is 121 Å². The summed E-state index contributed by atoms with van der Waals surface area (Å²) in [5.74, 6) is 4.90. The number of hydrogen-bond donors (Lipinski definition) is 2. The minimum Gasteiger partial charge on any atom is -0.355 e. The number of carbonyl (C=O) groups excluding carboxylic acids is 4. The van der Waals surface area contributed by atoms with Crippen molar-refractivity contribution in [2.75, 3.05) is 11.4 Å². The molecule has 5 aromatic carbocycles. The Hall–Kier alpha value is -9.20. The fourth-order valence-electron chi connectivity index (χ4n) is 10.3. The maximum absolute atomic E-state index is 14.4. The third-order valence-electron chi connectivity index (χ3n) is 13.9. The van der Waals surface area contributed by atoms with Gasteiger partial charge in [-0.25, -0.2) is 14.9 Å². The highest BCUT2D eigenvalue weighted by molar-refractivity contribution is 6.39. The second-order valence-electron chi connectivity index (χ2n) is 18.4. The molecule has 3 aromatic heterocycles. The van der Waals surface area contributed by atoms with E-state index >= 15 is 0 Å². The topological polar surface area (TPSA) is 132 Å². The lowest BCUT2D eigenvalue weighted by Crippen LogP contribution is -2.43. The van der Waals surface area contributed by atoms with Crippen LogP contribution in [0, 0.1) is 11.8 Å². The maximum atomic E-state index is 14.4. The van der Waals surface area contributed by atoms with Gasteiger partial charge in [-0.15, -0.1) is 0 Å². The number of unbranched alkanes of at least 4 members (excludes halogenated alkanes) is 5. The molecule has 4 aliphatic heterocycles. The molecule has 0 saturated heterocycles. The number of fused-ring (bicyclic) bond motifs is 8. The molecule has 0 aliphatic carbocycles. The molecule has 0 unspecified atom stereocenters. The molecule has 8 aromatic rings. The first-order valence-corrected chi connectivity index (χ1v) is 24.5. The molecule has 4 amide bonds. The quantitative estimate of drug-likeness (QED) is 0.0797. The number of nitrogens with one attached hydrogen (secondary N) is 2. The van der Waals surface area contributed by atoms with Crippen LogP contribution < -0.4 is 4.90 Å². The summed E-state index contributed by atoms with van der Waals surface area (Å²) in [5.41, 5.74) is 13.2. The Bertz CT molecular complexity index is 3680. The lowest BCUT2D eigenvalue weighted by molar-refractivity contribution is 0.0606. The minimum atomic E-state index is -0.537. The molecule has 72 heavy (non-hydrogen) atoms. The highest BCUT2D eigenvalue weighted by atomic mass is 16.2. The van der Waals surface area contributed by atoms with Crippen LogP contribution >= 0.6 is 0 Å². The Morgan fingerprint density at radius 3 is 1.46 bits per heavy atom. The molecular weight excluding hydrogens is 893 g/mol. The van der Waals surface area contributed by atoms with Gasteiger partial charge >= 0.3 is 0 Å². The van der Waals surface area contributed by atoms with Crippen molar-refractivity contribution in [2.24, 2.45) is 0 Å². The summed E-state index contributed by atoms with van der Waals surface area (Å²) >= 11 is 0. The van der Waals surface area contributed by atoms with E-state index in [0.29, 0.717) is 56.6 Å². The van der Waals surface area contributed by atoms with E-state index in [1.807, 2.05) is 60.7 Å². The summed E-state index contributed by atoms with van der Waals surface area (Å²) in [7, 11) is 0. The van der Waals surface area contributed by atoms with E-state index in [9.17, 15) is 19.2 Å². The van der Waals surface area contributed by atoms with Crippen LogP contribution in [0.3, 0.4) is 0 Å². The Morgan fingerprint density at radius 1 is 0.472 bits per heavy atom. The van der Waals surface area contributed by atoms with E-state index < -0.39 is 23.6 Å². The number of anilines is 1. The van der Waals surface area contributed by atoms with E-state index in [2.05, 4.69) is 83.3 Å². The van der Waals surface area contributed by atoms with Gasteiger partial charge in [0.1, 0.15) is 0 Å². The number of rotatable bonds is 10. The van der Waals surface area contributed by atoms with Crippen LogP contribution in [-0.4, -0.2) is 55.0 Å². The number of H-pyrrole nitrogens is 2. The predicted octanol–water partition coefficient (Wildman–Crippen LogP) is 13.3. The third-order valence-corrected chi connectivity index (χ3v) is 13.9. The Morgan fingerprint density at radius 2 is 0.944 bits per heavy atom. The second kappa shape index (κ2) is 18.3. The van der Waals surface area contributed by atoms with Crippen molar-refractivity contribution in [1.29, 1.82) is 0 Å². The molecule has 7 heterocycles. The maximum Gasteiger partial charge on any atom is 0.265 e. The predicted molar refractivity (Wildman–Crippen MR) is 286 cm³/mol. The number of amides is 4. The zero-order chi connectivity index (χ0) is 48.9. The van der Waals surface area contributed by atoms with Crippen molar-refractivity contribution < 1.29 is 19.2 Å². The molecular formula is C62H46N6O4. The molecule has 10 heteroatoms. The van der Waals surface area contributed by atoms with Gasteiger partial charge in [0.05, 0.1) is 34.0 Å².